The Hall–Kier alpha value is -2.32. The molecule has 1 N–H and O–H groups in total. The molecule has 0 saturated heterocycles. The Labute approximate surface area is 196 Å². The molecule has 0 saturated carbocycles. The molecule has 1 aliphatic rings. The van der Waals surface area contributed by atoms with Crippen molar-refractivity contribution >= 4 is 39.2 Å². The summed E-state index contributed by atoms with van der Waals surface area (Å²) < 4.78 is 7.02. The maximum absolute atomic E-state index is 13.8. The van der Waals surface area contributed by atoms with E-state index in [1.807, 2.05) is 45.0 Å². The standard InChI is InChI=1S/C24H29N3O3S2/c1-24(2,3)26-19(28)14-31-23-25-21-20(17-11-6-5-7-12-18(17)32-21)22(29)27(23)15-9-8-10-16(13-15)30-4/h8-10,13H,5-7,11-12,14H2,1-4H3,(H,26,28). The van der Waals surface area contributed by atoms with Crippen LogP contribution < -0.4 is 15.6 Å². The summed E-state index contributed by atoms with van der Waals surface area (Å²) in [7, 11) is 1.61. The second kappa shape index (κ2) is 9.27. The molecule has 2 heterocycles. The van der Waals surface area contributed by atoms with Gasteiger partial charge in [0.1, 0.15) is 10.6 Å². The third kappa shape index (κ3) is 4.86. The number of rotatable bonds is 5. The fourth-order valence-electron chi connectivity index (χ4n) is 4.02. The molecule has 0 unspecified atom stereocenters. The SMILES string of the molecule is COc1cccc(-n2c(SCC(=O)NC(C)(C)C)nc3sc4c(c3c2=O)CCCCC4)c1. The lowest BCUT2D eigenvalue weighted by molar-refractivity contribution is -0.119. The number of carbonyl (C=O) groups is 1. The van der Waals surface area contributed by atoms with Crippen LogP contribution in [-0.4, -0.2) is 33.9 Å². The molecule has 1 aromatic carbocycles. The summed E-state index contributed by atoms with van der Waals surface area (Å²) in [6, 6.07) is 7.42. The summed E-state index contributed by atoms with van der Waals surface area (Å²) >= 11 is 2.92. The lowest BCUT2D eigenvalue weighted by Gasteiger charge is -2.20. The van der Waals surface area contributed by atoms with Gasteiger partial charge in [-0.05, 0) is 64.2 Å². The molecule has 4 rings (SSSR count). The van der Waals surface area contributed by atoms with E-state index in [-0.39, 0.29) is 22.8 Å². The molecule has 3 aromatic rings. The van der Waals surface area contributed by atoms with Crippen LogP contribution in [0.2, 0.25) is 0 Å². The number of hydrogen-bond acceptors (Lipinski definition) is 6. The van der Waals surface area contributed by atoms with Gasteiger partial charge in [0.25, 0.3) is 5.56 Å². The number of aromatic nitrogens is 2. The van der Waals surface area contributed by atoms with Crippen molar-refractivity contribution in [2.75, 3.05) is 12.9 Å². The van der Waals surface area contributed by atoms with Crippen LogP contribution in [0.5, 0.6) is 5.75 Å². The van der Waals surface area contributed by atoms with Gasteiger partial charge in [-0.1, -0.05) is 24.2 Å². The summed E-state index contributed by atoms with van der Waals surface area (Å²) in [4.78, 5) is 33.3. The molecule has 8 heteroatoms. The molecular weight excluding hydrogens is 442 g/mol. The van der Waals surface area contributed by atoms with Crippen LogP contribution in [0.25, 0.3) is 15.9 Å². The molecule has 0 bridgehead atoms. The van der Waals surface area contributed by atoms with Crippen LogP contribution in [0.3, 0.4) is 0 Å². The van der Waals surface area contributed by atoms with Crippen molar-refractivity contribution in [2.45, 2.75) is 63.6 Å². The number of fused-ring (bicyclic) bond motifs is 3. The lowest BCUT2D eigenvalue weighted by Crippen LogP contribution is -2.41. The second-order valence-corrected chi connectivity index (χ2v) is 11.1. The topological polar surface area (TPSA) is 73.2 Å². The maximum Gasteiger partial charge on any atom is 0.267 e. The molecule has 1 amide bonds. The van der Waals surface area contributed by atoms with E-state index < -0.39 is 0 Å². The normalized spacial score (nSPS) is 14.1. The number of thiophene rings is 1. The number of aryl methyl sites for hydroxylation is 2. The zero-order chi connectivity index (χ0) is 22.9. The fourth-order valence-corrected chi connectivity index (χ4v) is 6.14. The highest BCUT2D eigenvalue weighted by atomic mass is 32.2. The third-order valence-corrected chi connectivity index (χ3v) is 7.49. The molecule has 0 fully saturated rings. The molecule has 2 aromatic heterocycles. The summed E-state index contributed by atoms with van der Waals surface area (Å²) in [5.41, 5.74) is 1.48. The van der Waals surface area contributed by atoms with E-state index in [0.717, 1.165) is 35.9 Å². The van der Waals surface area contributed by atoms with Crippen LogP contribution in [-0.2, 0) is 17.6 Å². The number of ether oxygens (including phenoxy) is 1. The van der Waals surface area contributed by atoms with Crippen LogP contribution >= 0.6 is 23.1 Å². The van der Waals surface area contributed by atoms with Crippen molar-refractivity contribution in [1.82, 2.24) is 14.9 Å². The molecule has 0 spiro atoms. The van der Waals surface area contributed by atoms with Crippen molar-refractivity contribution in [2.24, 2.45) is 0 Å². The fraction of sp³-hybridized carbons (Fsp3) is 0.458. The molecule has 0 atom stereocenters. The first-order chi connectivity index (χ1) is 15.3. The first-order valence-corrected chi connectivity index (χ1v) is 12.7. The van der Waals surface area contributed by atoms with Gasteiger partial charge in [0.2, 0.25) is 5.91 Å². The quantitative estimate of drug-likeness (QED) is 0.331. The van der Waals surface area contributed by atoms with E-state index in [1.165, 1.54) is 28.6 Å². The number of carbonyl (C=O) groups excluding carboxylic acids is 1. The Morgan fingerprint density at radius 2 is 2.03 bits per heavy atom. The molecule has 1 aliphatic carbocycles. The summed E-state index contributed by atoms with van der Waals surface area (Å²) in [5, 5.41) is 4.23. The second-order valence-electron chi connectivity index (χ2n) is 9.07. The van der Waals surface area contributed by atoms with Gasteiger partial charge in [0.15, 0.2) is 5.16 Å². The zero-order valence-electron chi connectivity index (χ0n) is 19.0. The van der Waals surface area contributed by atoms with Crippen LogP contribution in [0.15, 0.2) is 34.2 Å². The molecule has 170 valence electrons. The minimum atomic E-state index is -0.313. The Morgan fingerprint density at radius 3 is 2.78 bits per heavy atom. The highest BCUT2D eigenvalue weighted by Gasteiger charge is 2.23. The van der Waals surface area contributed by atoms with E-state index >= 15 is 0 Å². The highest BCUT2D eigenvalue weighted by molar-refractivity contribution is 7.99. The van der Waals surface area contributed by atoms with Crippen molar-refractivity contribution in [3.63, 3.8) is 0 Å². The minimum absolute atomic E-state index is 0.0682. The van der Waals surface area contributed by atoms with Crippen molar-refractivity contribution in [3.8, 4) is 11.4 Å². The van der Waals surface area contributed by atoms with Crippen LogP contribution in [0, 0.1) is 0 Å². The molecule has 6 nitrogen and oxygen atoms in total. The molecule has 0 radical (unpaired) electrons. The van der Waals surface area contributed by atoms with Gasteiger partial charge in [-0.2, -0.15) is 0 Å². The molecular formula is C24H29N3O3S2. The summed E-state index contributed by atoms with van der Waals surface area (Å²) in [6.45, 7) is 5.85. The number of methoxy groups -OCH3 is 1. The van der Waals surface area contributed by atoms with E-state index in [1.54, 1.807) is 23.0 Å². The predicted molar refractivity (Wildman–Crippen MR) is 132 cm³/mol. The van der Waals surface area contributed by atoms with Crippen molar-refractivity contribution < 1.29 is 9.53 Å². The molecule has 0 aliphatic heterocycles. The summed E-state index contributed by atoms with van der Waals surface area (Å²) in [5.74, 6) is 0.764. The number of thioether (sulfide) groups is 1. The van der Waals surface area contributed by atoms with Gasteiger partial charge in [-0.25, -0.2) is 4.98 Å². The Balaban J connectivity index is 1.83. The average molecular weight is 472 g/mol. The Kier molecular flexibility index (Phi) is 6.62. The van der Waals surface area contributed by atoms with E-state index in [2.05, 4.69) is 5.32 Å². The molecule has 32 heavy (non-hydrogen) atoms. The highest BCUT2D eigenvalue weighted by Crippen LogP contribution is 2.35. The van der Waals surface area contributed by atoms with Gasteiger partial charge in [-0.3, -0.25) is 14.2 Å². The Morgan fingerprint density at radius 1 is 1.25 bits per heavy atom. The third-order valence-electron chi connectivity index (χ3n) is 5.37. The predicted octanol–water partition coefficient (Wildman–Crippen LogP) is 4.73. The maximum atomic E-state index is 13.8. The lowest BCUT2D eigenvalue weighted by atomic mass is 10.1. The van der Waals surface area contributed by atoms with Gasteiger partial charge < -0.3 is 10.1 Å². The monoisotopic (exact) mass is 471 g/mol. The largest absolute Gasteiger partial charge is 0.497 e. The van der Waals surface area contributed by atoms with Gasteiger partial charge >= 0.3 is 0 Å². The number of nitrogens with zero attached hydrogens (tertiary/aromatic N) is 2. The average Bonchev–Trinajstić information content (AvgIpc) is 2.92. The van der Waals surface area contributed by atoms with Gasteiger partial charge in [0.05, 0.1) is 23.9 Å². The van der Waals surface area contributed by atoms with Gasteiger partial charge in [0, 0.05) is 16.5 Å². The number of amides is 1. The number of hydrogen-bond donors (Lipinski definition) is 1. The first kappa shape index (κ1) is 22.9. The van der Waals surface area contributed by atoms with Crippen molar-refractivity contribution in [3.05, 3.63) is 45.1 Å². The van der Waals surface area contributed by atoms with Crippen molar-refractivity contribution in [1.29, 1.82) is 0 Å². The smallest absolute Gasteiger partial charge is 0.267 e. The van der Waals surface area contributed by atoms with Crippen LogP contribution in [0.1, 0.15) is 50.5 Å². The summed E-state index contributed by atoms with van der Waals surface area (Å²) in [6.07, 6.45) is 5.37. The van der Waals surface area contributed by atoms with E-state index in [0.29, 0.717) is 16.6 Å². The first-order valence-electron chi connectivity index (χ1n) is 10.9. The Bertz CT molecular complexity index is 1210. The number of benzene rings is 1. The van der Waals surface area contributed by atoms with E-state index in [9.17, 15) is 9.59 Å². The minimum Gasteiger partial charge on any atom is -0.497 e. The van der Waals surface area contributed by atoms with Crippen LogP contribution in [0.4, 0.5) is 0 Å². The number of nitrogens with one attached hydrogen (secondary N) is 1. The van der Waals surface area contributed by atoms with E-state index in [4.69, 9.17) is 9.72 Å². The van der Waals surface area contributed by atoms with Gasteiger partial charge in [-0.15, -0.1) is 11.3 Å². The zero-order valence-corrected chi connectivity index (χ0v) is 20.6.